The molecule has 0 saturated carbocycles. The molecule has 3 aromatic carbocycles. The molecule has 35 heavy (non-hydrogen) atoms. The highest BCUT2D eigenvalue weighted by Gasteiger charge is 2.28. The lowest BCUT2D eigenvalue weighted by atomic mass is 10.1. The number of halogens is 2. The van der Waals surface area contributed by atoms with Gasteiger partial charge in [0.25, 0.3) is 0 Å². The molecule has 2 N–H and O–H groups in total. The summed E-state index contributed by atoms with van der Waals surface area (Å²) in [5.41, 5.74) is 0.885. The fourth-order valence-corrected chi connectivity index (χ4v) is 5.08. The summed E-state index contributed by atoms with van der Waals surface area (Å²) in [6.45, 7) is -0.102. The maximum absolute atomic E-state index is 14.4. The van der Waals surface area contributed by atoms with Crippen LogP contribution in [0.2, 0.25) is 5.02 Å². The number of hydrogen-bond acceptors (Lipinski definition) is 6. The van der Waals surface area contributed by atoms with Gasteiger partial charge < -0.3 is 14.9 Å². The Hall–Kier alpha value is -3.60. The van der Waals surface area contributed by atoms with Gasteiger partial charge >= 0.3 is 0 Å². The van der Waals surface area contributed by atoms with Gasteiger partial charge in [-0.1, -0.05) is 23.7 Å². The van der Waals surface area contributed by atoms with E-state index in [2.05, 4.69) is 5.10 Å². The first-order valence-corrected chi connectivity index (χ1v) is 12.1. The molecule has 8 nitrogen and oxygen atoms in total. The molecule has 0 saturated heterocycles. The van der Waals surface area contributed by atoms with Gasteiger partial charge in [0, 0.05) is 35.8 Å². The van der Waals surface area contributed by atoms with Gasteiger partial charge in [0.2, 0.25) is 10.0 Å². The molecule has 0 bridgehead atoms. The Morgan fingerprint density at radius 1 is 1.09 bits per heavy atom. The van der Waals surface area contributed by atoms with Crippen molar-refractivity contribution >= 4 is 21.6 Å². The van der Waals surface area contributed by atoms with Gasteiger partial charge in [0.1, 0.15) is 33.6 Å². The fraction of sp³-hybridized carbons (Fsp3) is 0.125. The fourth-order valence-electron chi connectivity index (χ4n) is 3.66. The van der Waals surface area contributed by atoms with Gasteiger partial charge in [0.05, 0.1) is 19.0 Å². The summed E-state index contributed by atoms with van der Waals surface area (Å²) in [7, 11) is -1.46. The average molecular weight is 518 g/mol. The highest BCUT2D eigenvalue weighted by atomic mass is 35.5. The molecule has 1 heterocycles. The maximum Gasteiger partial charge on any atom is 0.246 e. The SMILES string of the molecule is COc1ccc(Cl)cc1CN(C)S(=O)(=O)c1cc(-c2ccnn2-c2ccccc2F)c(O)cc1O. The number of phenols is 2. The van der Waals surface area contributed by atoms with Crippen molar-refractivity contribution in [3.63, 3.8) is 0 Å². The summed E-state index contributed by atoms with van der Waals surface area (Å²) in [6, 6.07) is 14.3. The molecule has 0 amide bonds. The minimum absolute atomic E-state index is 0.0378. The molecular weight excluding hydrogens is 497 g/mol. The third kappa shape index (κ3) is 4.68. The zero-order valence-electron chi connectivity index (χ0n) is 18.7. The Balaban J connectivity index is 1.77. The van der Waals surface area contributed by atoms with Crippen molar-refractivity contribution in [2.75, 3.05) is 14.2 Å². The lowest BCUT2D eigenvalue weighted by Crippen LogP contribution is -2.27. The molecule has 4 rings (SSSR count). The predicted octanol–water partition coefficient (Wildman–Crippen LogP) is 4.57. The number of aromatic hydroxyl groups is 2. The van der Waals surface area contributed by atoms with E-state index in [4.69, 9.17) is 16.3 Å². The van der Waals surface area contributed by atoms with E-state index in [1.54, 1.807) is 24.3 Å². The van der Waals surface area contributed by atoms with Crippen LogP contribution in [-0.4, -0.2) is 46.9 Å². The number of methoxy groups -OCH3 is 1. The van der Waals surface area contributed by atoms with Gasteiger partial charge in [-0.3, -0.25) is 0 Å². The van der Waals surface area contributed by atoms with Crippen LogP contribution in [0.15, 0.2) is 71.8 Å². The number of benzene rings is 3. The van der Waals surface area contributed by atoms with E-state index in [-0.39, 0.29) is 23.5 Å². The van der Waals surface area contributed by atoms with Crippen molar-refractivity contribution in [3.8, 4) is 34.2 Å². The van der Waals surface area contributed by atoms with E-state index >= 15 is 0 Å². The number of aromatic nitrogens is 2. The molecule has 1 aromatic heterocycles. The number of phenolic OH excluding ortho intramolecular Hbond substituents is 2. The molecule has 0 unspecified atom stereocenters. The summed E-state index contributed by atoms with van der Waals surface area (Å²) in [4.78, 5) is -0.449. The Morgan fingerprint density at radius 2 is 1.83 bits per heavy atom. The first-order chi connectivity index (χ1) is 16.6. The Kier molecular flexibility index (Phi) is 6.70. The van der Waals surface area contributed by atoms with Crippen molar-refractivity contribution < 1.29 is 27.8 Å². The second-order valence-corrected chi connectivity index (χ2v) is 10.1. The average Bonchev–Trinajstić information content (AvgIpc) is 3.28. The molecule has 0 radical (unpaired) electrons. The summed E-state index contributed by atoms with van der Waals surface area (Å²) in [5, 5.41) is 25.5. The molecule has 0 aliphatic carbocycles. The smallest absolute Gasteiger partial charge is 0.246 e. The minimum Gasteiger partial charge on any atom is -0.507 e. The first kappa shape index (κ1) is 24.5. The maximum atomic E-state index is 14.4. The van der Waals surface area contributed by atoms with Crippen LogP contribution in [0.3, 0.4) is 0 Å². The molecule has 0 atom stereocenters. The van der Waals surface area contributed by atoms with Crippen LogP contribution in [-0.2, 0) is 16.6 Å². The van der Waals surface area contributed by atoms with Crippen LogP contribution in [0.5, 0.6) is 17.2 Å². The predicted molar refractivity (Wildman–Crippen MR) is 129 cm³/mol. The molecule has 182 valence electrons. The summed E-state index contributed by atoms with van der Waals surface area (Å²) < 4.78 is 48.8. The van der Waals surface area contributed by atoms with Gasteiger partial charge in [-0.05, 0) is 42.5 Å². The van der Waals surface area contributed by atoms with Crippen molar-refractivity contribution in [2.45, 2.75) is 11.4 Å². The lowest BCUT2D eigenvalue weighted by molar-refractivity contribution is 0.396. The lowest BCUT2D eigenvalue weighted by Gasteiger charge is -2.20. The molecule has 11 heteroatoms. The van der Waals surface area contributed by atoms with E-state index in [0.29, 0.717) is 16.3 Å². The first-order valence-electron chi connectivity index (χ1n) is 10.3. The van der Waals surface area contributed by atoms with Crippen molar-refractivity contribution in [3.05, 3.63) is 83.3 Å². The minimum atomic E-state index is -4.25. The number of rotatable bonds is 7. The Bertz CT molecular complexity index is 1510. The monoisotopic (exact) mass is 517 g/mol. The van der Waals surface area contributed by atoms with E-state index in [0.717, 1.165) is 16.4 Å². The summed E-state index contributed by atoms with van der Waals surface area (Å²) in [6.07, 6.45) is 1.39. The third-order valence-electron chi connectivity index (χ3n) is 5.40. The summed E-state index contributed by atoms with van der Waals surface area (Å²) in [5.74, 6) is -1.16. The molecule has 0 aliphatic rings. The normalized spacial score (nSPS) is 11.7. The van der Waals surface area contributed by atoms with Crippen LogP contribution in [0.4, 0.5) is 4.39 Å². The second kappa shape index (κ2) is 9.57. The highest BCUT2D eigenvalue weighted by Crippen LogP contribution is 2.39. The van der Waals surface area contributed by atoms with Crippen LogP contribution >= 0.6 is 11.6 Å². The van der Waals surface area contributed by atoms with Gasteiger partial charge in [-0.2, -0.15) is 9.40 Å². The topological polar surface area (TPSA) is 105 Å². The van der Waals surface area contributed by atoms with Crippen molar-refractivity contribution in [2.24, 2.45) is 0 Å². The standard InChI is InChI=1S/C24H21ClFN3O5S/c1-28(14-15-11-16(25)7-8-23(15)34-2)35(32,33)24-12-17(21(30)13-22(24)31)19-9-10-27-29(19)20-6-4-3-5-18(20)26/h3-13,30-31H,14H2,1-2H3. The Morgan fingerprint density at radius 3 is 2.54 bits per heavy atom. The quantitative estimate of drug-likeness (QED) is 0.372. The number of hydrogen-bond donors (Lipinski definition) is 2. The second-order valence-electron chi connectivity index (χ2n) is 7.63. The van der Waals surface area contributed by atoms with Crippen molar-refractivity contribution in [1.29, 1.82) is 0 Å². The molecule has 4 aromatic rings. The van der Waals surface area contributed by atoms with Crippen LogP contribution in [0.25, 0.3) is 16.9 Å². The van der Waals surface area contributed by atoms with Gasteiger partial charge in [-0.15, -0.1) is 0 Å². The van der Waals surface area contributed by atoms with Crippen LogP contribution in [0, 0.1) is 5.82 Å². The van der Waals surface area contributed by atoms with Gasteiger partial charge in [-0.25, -0.2) is 17.5 Å². The highest BCUT2D eigenvalue weighted by molar-refractivity contribution is 7.89. The zero-order valence-corrected chi connectivity index (χ0v) is 20.3. The van der Waals surface area contributed by atoms with Crippen LogP contribution in [0.1, 0.15) is 5.56 Å². The van der Waals surface area contributed by atoms with Crippen molar-refractivity contribution in [1.82, 2.24) is 14.1 Å². The Labute approximate surface area is 206 Å². The third-order valence-corrected chi connectivity index (χ3v) is 7.47. The molecular formula is C24H21ClFN3O5S. The number of para-hydroxylation sites is 1. The largest absolute Gasteiger partial charge is 0.507 e. The number of ether oxygens (including phenoxy) is 1. The molecule has 0 fully saturated rings. The molecule has 0 spiro atoms. The van der Waals surface area contributed by atoms with Gasteiger partial charge in [0.15, 0.2) is 0 Å². The van der Waals surface area contributed by atoms with Crippen LogP contribution < -0.4 is 4.74 Å². The van der Waals surface area contributed by atoms with E-state index in [9.17, 15) is 23.0 Å². The zero-order chi connectivity index (χ0) is 25.3. The number of nitrogens with zero attached hydrogens (tertiary/aromatic N) is 3. The molecule has 0 aliphatic heterocycles. The van der Waals surface area contributed by atoms with E-state index in [1.165, 1.54) is 49.3 Å². The van der Waals surface area contributed by atoms with E-state index in [1.807, 2.05) is 0 Å². The summed E-state index contributed by atoms with van der Waals surface area (Å²) >= 11 is 6.06. The van der Waals surface area contributed by atoms with E-state index < -0.39 is 32.2 Å². The number of sulfonamides is 1.